The molecule has 0 fully saturated rings. The van der Waals surface area contributed by atoms with Crippen LogP contribution in [-0.4, -0.2) is 11.0 Å². The molecule has 0 radical (unpaired) electrons. The van der Waals surface area contributed by atoms with Gasteiger partial charge in [-0.2, -0.15) is 0 Å². The molecule has 4 heteroatoms. The maximum absolute atomic E-state index is 11.9. The average molecular weight is 366 g/mol. The number of carbonyl (C=O) groups excluding carboxylic acids is 1. The summed E-state index contributed by atoms with van der Waals surface area (Å²) in [5.74, 6) is -0.386. The summed E-state index contributed by atoms with van der Waals surface area (Å²) in [4.78, 5) is 16.2. The van der Waals surface area contributed by atoms with Crippen molar-refractivity contribution >= 4 is 17.6 Å². The number of esters is 1. The van der Waals surface area contributed by atoms with Gasteiger partial charge in [-0.15, -0.1) is 0 Å². The molecule has 1 heterocycles. The Morgan fingerprint density at radius 1 is 1.16 bits per heavy atom. The highest BCUT2D eigenvalue weighted by molar-refractivity contribution is 6.31. The van der Waals surface area contributed by atoms with Crippen molar-refractivity contribution in [2.45, 2.75) is 84.2 Å². The van der Waals surface area contributed by atoms with Crippen LogP contribution in [0.1, 0.15) is 89.9 Å². The minimum atomic E-state index is -0.401. The molecule has 25 heavy (non-hydrogen) atoms. The molecule has 0 bridgehead atoms. The molecule has 0 N–H and O–H groups in total. The number of rotatable bonds is 13. The van der Waals surface area contributed by atoms with Crippen LogP contribution in [0.25, 0.3) is 0 Å². The van der Waals surface area contributed by atoms with Gasteiger partial charge in [-0.1, -0.05) is 76.5 Å². The van der Waals surface area contributed by atoms with Crippen molar-refractivity contribution in [3.63, 3.8) is 0 Å². The lowest BCUT2D eigenvalue weighted by Gasteiger charge is -2.18. The molecule has 0 spiro atoms. The molecule has 1 aromatic rings. The van der Waals surface area contributed by atoms with Crippen LogP contribution in [0.3, 0.4) is 0 Å². The van der Waals surface area contributed by atoms with E-state index >= 15 is 0 Å². The number of aromatic nitrogens is 1. The van der Waals surface area contributed by atoms with E-state index in [0.717, 1.165) is 19.3 Å². The second kappa shape index (κ2) is 12.9. The van der Waals surface area contributed by atoms with E-state index in [1.807, 2.05) is 0 Å². The van der Waals surface area contributed by atoms with E-state index in [9.17, 15) is 4.79 Å². The van der Waals surface area contributed by atoms with Crippen molar-refractivity contribution in [2.24, 2.45) is 0 Å². The van der Waals surface area contributed by atoms with Crippen LogP contribution in [0.5, 0.6) is 0 Å². The largest absolute Gasteiger partial charge is 0.452 e. The maximum atomic E-state index is 11.9. The van der Waals surface area contributed by atoms with Gasteiger partial charge in [0.25, 0.3) is 0 Å². The number of carbonyl (C=O) groups is 1. The van der Waals surface area contributed by atoms with Crippen molar-refractivity contribution in [3.05, 3.63) is 41.2 Å². The topological polar surface area (TPSA) is 39.2 Å². The minimum absolute atomic E-state index is 0.386. The molecule has 0 aliphatic carbocycles. The van der Waals surface area contributed by atoms with Crippen molar-refractivity contribution in [2.75, 3.05) is 0 Å². The van der Waals surface area contributed by atoms with E-state index in [1.54, 1.807) is 25.3 Å². The quantitative estimate of drug-likeness (QED) is 0.219. The second-order valence-corrected chi connectivity index (χ2v) is 7.07. The first-order valence-electron chi connectivity index (χ1n) is 9.53. The lowest BCUT2D eigenvalue weighted by atomic mass is 10.0. The highest BCUT2D eigenvalue weighted by Crippen LogP contribution is 2.29. The van der Waals surface area contributed by atoms with Crippen LogP contribution < -0.4 is 0 Å². The predicted molar refractivity (Wildman–Crippen MR) is 105 cm³/mol. The monoisotopic (exact) mass is 365 g/mol. The van der Waals surface area contributed by atoms with Crippen LogP contribution in [0.15, 0.2) is 30.5 Å². The Morgan fingerprint density at radius 3 is 2.32 bits per heavy atom. The molecule has 140 valence electrons. The Bertz CT molecular complexity index is 530. The molecule has 0 aliphatic rings. The maximum Gasteiger partial charge on any atom is 0.333 e. The number of halogens is 1. The van der Waals surface area contributed by atoms with Crippen LogP contribution in [0.4, 0.5) is 0 Å². The Balaban J connectivity index is 2.40. The summed E-state index contributed by atoms with van der Waals surface area (Å²) >= 11 is 6.23. The Hall–Kier alpha value is -1.35. The zero-order valence-electron chi connectivity index (χ0n) is 15.7. The average Bonchev–Trinajstić information content (AvgIpc) is 2.59. The molecule has 1 aromatic heterocycles. The van der Waals surface area contributed by atoms with Crippen LogP contribution in [0, 0.1) is 0 Å². The summed E-state index contributed by atoms with van der Waals surface area (Å²) < 4.78 is 5.57. The van der Waals surface area contributed by atoms with Gasteiger partial charge in [0.1, 0.15) is 6.10 Å². The van der Waals surface area contributed by atoms with E-state index in [4.69, 9.17) is 16.3 Å². The lowest BCUT2D eigenvalue weighted by molar-refractivity contribution is -0.145. The number of nitrogens with zero attached hydrogens (tertiary/aromatic N) is 1. The third kappa shape index (κ3) is 9.06. The van der Waals surface area contributed by atoms with Crippen molar-refractivity contribution in [1.29, 1.82) is 0 Å². The molecule has 0 saturated carbocycles. The highest BCUT2D eigenvalue weighted by Gasteiger charge is 2.20. The van der Waals surface area contributed by atoms with E-state index in [1.165, 1.54) is 44.9 Å². The standard InChI is InChI=1S/C21H32ClNO2/c1-4-5-6-7-8-9-10-11-12-15-19(25-21(24)17(2)3)20-18(22)14-13-16-23-20/h13-14,16,19H,2,4-12,15H2,1,3H3. The fraction of sp³-hybridized carbons (Fsp3) is 0.619. The first-order valence-corrected chi connectivity index (χ1v) is 9.91. The molecule has 1 unspecified atom stereocenters. The summed E-state index contributed by atoms with van der Waals surface area (Å²) in [6, 6.07) is 3.56. The summed E-state index contributed by atoms with van der Waals surface area (Å²) in [7, 11) is 0. The van der Waals surface area contributed by atoms with Crippen molar-refractivity contribution < 1.29 is 9.53 Å². The number of hydrogen-bond acceptors (Lipinski definition) is 3. The third-order valence-corrected chi connectivity index (χ3v) is 4.58. The second-order valence-electron chi connectivity index (χ2n) is 6.66. The SMILES string of the molecule is C=C(C)C(=O)OC(CCCCCCCCCCC)c1ncccc1Cl. The molecular formula is C21H32ClNO2. The fourth-order valence-corrected chi connectivity index (χ4v) is 3.00. The van der Waals surface area contributed by atoms with Gasteiger partial charge < -0.3 is 4.74 Å². The number of ether oxygens (including phenoxy) is 1. The molecule has 0 aliphatic heterocycles. The molecule has 0 saturated heterocycles. The van der Waals surface area contributed by atoms with E-state index in [-0.39, 0.29) is 5.97 Å². The van der Waals surface area contributed by atoms with Crippen LogP contribution in [0.2, 0.25) is 5.02 Å². The van der Waals surface area contributed by atoms with Gasteiger partial charge in [0.05, 0.1) is 10.7 Å². The van der Waals surface area contributed by atoms with Gasteiger partial charge in [0.2, 0.25) is 0 Å². The third-order valence-electron chi connectivity index (χ3n) is 4.26. The number of hydrogen-bond donors (Lipinski definition) is 0. The first-order chi connectivity index (χ1) is 12.1. The first kappa shape index (κ1) is 21.7. The van der Waals surface area contributed by atoms with Crippen molar-refractivity contribution in [3.8, 4) is 0 Å². The van der Waals surface area contributed by atoms with Gasteiger partial charge in [0, 0.05) is 11.8 Å². The molecule has 1 atom stereocenters. The van der Waals surface area contributed by atoms with Gasteiger partial charge in [-0.25, -0.2) is 4.79 Å². The molecule has 1 rings (SSSR count). The lowest BCUT2D eigenvalue weighted by Crippen LogP contribution is -2.13. The van der Waals surface area contributed by atoms with E-state index < -0.39 is 6.10 Å². The van der Waals surface area contributed by atoms with Crippen molar-refractivity contribution in [1.82, 2.24) is 4.98 Å². The zero-order chi connectivity index (χ0) is 18.5. The smallest absolute Gasteiger partial charge is 0.333 e. The van der Waals surface area contributed by atoms with Gasteiger partial charge in [0.15, 0.2) is 0 Å². The summed E-state index contributed by atoms with van der Waals surface area (Å²) in [5.41, 5.74) is 1.03. The normalized spacial score (nSPS) is 12.0. The Kier molecular flexibility index (Phi) is 11.2. The fourth-order valence-electron chi connectivity index (χ4n) is 2.76. The molecule has 0 aromatic carbocycles. The number of unbranched alkanes of at least 4 members (excludes halogenated alkanes) is 8. The van der Waals surface area contributed by atoms with Gasteiger partial charge >= 0.3 is 5.97 Å². The van der Waals surface area contributed by atoms with Gasteiger partial charge in [-0.3, -0.25) is 4.98 Å². The number of pyridine rings is 1. The van der Waals surface area contributed by atoms with E-state index in [0.29, 0.717) is 16.3 Å². The van der Waals surface area contributed by atoms with Crippen LogP contribution in [-0.2, 0) is 9.53 Å². The summed E-state index contributed by atoms with van der Waals surface area (Å²) in [6.07, 6.45) is 13.3. The van der Waals surface area contributed by atoms with E-state index in [2.05, 4.69) is 18.5 Å². The minimum Gasteiger partial charge on any atom is -0.452 e. The predicted octanol–water partition coefficient (Wildman–Crippen LogP) is 6.82. The zero-order valence-corrected chi connectivity index (χ0v) is 16.5. The summed E-state index contributed by atoms with van der Waals surface area (Å²) in [6.45, 7) is 7.54. The van der Waals surface area contributed by atoms with Gasteiger partial charge in [-0.05, 0) is 31.9 Å². The summed E-state index contributed by atoms with van der Waals surface area (Å²) in [5, 5.41) is 0.540. The molecular weight excluding hydrogens is 334 g/mol. The van der Waals surface area contributed by atoms with Crippen LogP contribution >= 0.6 is 11.6 Å². The molecule has 3 nitrogen and oxygen atoms in total. The highest BCUT2D eigenvalue weighted by atomic mass is 35.5. The Morgan fingerprint density at radius 2 is 1.76 bits per heavy atom. The Labute approximate surface area is 157 Å². The molecule has 0 amide bonds.